The topological polar surface area (TPSA) is 87.7 Å². The molecule has 0 amide bonds. The molecular formula is C12H13FN4O2S. The average Bonchev–Trinajstić information content (AvgIpc) is 2.87. The quantitative estimate of drug-likeness (QED) is 0.886. The lowest BCUT2D eigenvalue weighted by Crippen LogP contribution is -2.43. The number of aromatic nitrogens is 3. The van der Waals surface area contributed by atoms with Gasteiger partial charge in [0.15, 0.2) is 0 Å². The second-order valence-corrected chi connectivity index (χ2v) is 6.46. The molecular weight excluding hydrogens is 283 g/mol. The number of benzene rings is 1. The van der Waals surface area contributed by atoms with E-state index in [-0.39, 0.29) is 22.9 Å². The first-order chi connectivity index (χ1) is 9.54. The number of H-pyrrole nitrogens is 1. The van der Waals surface area contributed by atoms with Crippen molar-refractivity contribution in [2.45, 2.75) is 30.0 Å². The summed E-state index contributed by atoms with van der Waals surface area (Å²) in [6.07, 6.45) is 2.44. The van der Waals surface area contributed by atoms with Crippen LogP contribution in [0.15, 0.2) is 35.7 Å². The SMILES string of the molecule is O=S(=O)(NC1CC(c2cccc(F)c2)C1)c1ncn[nH]1. The van der Waals surface area contributed by atoms with Gasteiger partial charge in [-0.1, -0.05) is 12.1 Å². The van der Waals surface area contributed by atoms with Crippen LogP contribution >= 0.6 is 0 Å². The van der Waals surface area contributed by atoms with Crippen molar-refractivity contribution in [3.05, 3.63) is 42.0 Å². The number of hydrogen-bond acceptors (Lipinski definition) is 4. The Balaban J connectivity index is 1.61. The number of nitrogens with zero attached hydrogens (tertiary/aromatic N) is 2. The standard InChI is InChI=1S/C12H13FN4O2S/c13-10-3-1-2-8(4-10)9-5-11(6-9)17-20(18,19)12-14-7-15-16-12/h1-4,7,9,11,17H,5-6H2,(H,14,15,16). The molecule has 0 spiro atoms. The van der Waals surface area contributed by atoms with E-state index in [0.717, 1.165) is 11.9 Å². The third-order valence-corrected chi connectivity index (χ3v) is 4.78. The molecule has 1 aliphatic carbocycles. The molecule has 6 nitrogen and oxygen atoms in total. The van der Waals surface area contributed by atoms with Crippen molar-refractivity contribution >= 4 is 10.0 Å². The van der Waals surface area contributed by atoms with E-state index in [9.17, 15) is 12.8 Å². The third-order valence-electron chi connectivity index (χ3n) is 3.43. The number of sulfonamides is 1. The number of hydrogen-bond donors (Lipinski definition) is 2. The van der Waals surface area contributed by atoms with Gasteiger partial charge in [0.05, 0.1) is 0 Å². The van der Waals surface area contributed by atoms with E-state index >= 15 is 0 Å². The first-order valence-electron chi connectivity index (χ1n) is 6.18. The van der Waals surface area contributed by atoms with E-state index < -0.39 is 10.0 Å². The maximum atomic E-state index is 13.1. The molecule has 8 heteroatoms. The summed E-state index contributed by atoms with van der Waals surface area (Å²) in [6, 6.07) is 6.25. The van der Waals surface area contributed by atoms with Gasteiger partial charge >= 0.3 is 0 Å². The van der Waals surface area contributed by atoms with Crippen molar-refractivity contribution in [1.29, 1.82) is 0 Å². The number of rotatable bonds is 4. The molecule has 3 rings (SSSR count). The van der Waals surface area contributed by atoms with Gasteiger partial charge in [0, 0.05) is 6.04 Å². The molecule has 1 saturated carbocycles. The van der Waals surface area contributed by atoms with Gasteiger partial charge in [-0.3, -0.25) is 0 Å². The summed E-state index contributed by atoms with van der Waals surface area (Å²) in [6.45, 7) is 0. The fraction of sp³-hybridized carbons (Fsp3) is 0.333. The lowest BCUT2D eigenvalue weighted by molar-refractivity contribution is 0.325. The smallest absolute Gasteiger partial charge is 0.249 e. The first-order valence-corrected chi connectivity index (χ1v) is 7.66. The van der Waals surface area contributed by atoms with Gasteiger partial charge in [-0.2, -0.15) is 5.10 Å². The minimum absolute atomic E-state index is 0.154. The van der Waals surface area contributed by atoms with E-state index in [1.807, 2.05) is 6.07 Å². The molecule has 2 N–H and O–H groups in total. The predicted molar refractivity (Wildman–Crippen MR) is 68.9 cm³/mol. The van der Waals surface area contributed by atoms with Gasteiger partial charge in [0.1, 0.15) is 12.1 Å². The van der Waals surface area contributed by atoms with Gasteiger partial charge in [-0.05, 0) is 36.5 Å². The zero-order chi connectivity index (χ0) is 14.2. The molecule has 1 heterocycles. The van der Waals surface area contributed by atoms with E-state index in [0.29, 0.717) is 12.8 Å². The number of halogens is 1. The van der Waals surface area contributed by atoms with Crippen molar-refractivity contribution in [2.75, 3.05) is 0 Å². The van der Waals surface area contributed by atoms with Crippen molar-refractivity contribution in [2.24, 2.45) is 0 Å². The fourth-order valence-electron chi connectivity index (χ4n) is 2.35. The van der Waals surface area contributed by atoms with Gasteiger partial charge in [0.2, 0.25) is 0 Å². The Bertz CT molecular complexity index is 696. The van der Waals surface area contributed by atoms with Crippen LogP contribution in [0, 0.1) is 5.82 Å². The molecule has 2 aromatic rings. The van der Waals surface area contributed by atoms with Crippen molar-refractivity contribution in [1.82, 2.24) is 19.9 Å². The molecule has 0 aliphatic heterocycles. The third kappa shape index (κ3) is 2.56. The van der Waals surface area contributed by atoms with Crippen LogP contribution in [0.25, 0.3) is 0 Å². The Hall–Kier alpha value is -1.80. The molecule has 0 atom stereocenters. The Morgan fingerprint density at radius 1 is 1.35 bits per heavy atom. The first kappa shape index (κ1) is 13.2. The van der Waals surface area contributed by atoms with E-state index in [2.05, 4.69) is 19.9 Å². The van der Waals surface area contributed by atoms with E-state index in [1.54, 1.807) is 6.07 Å². The maximum Gasteiger partial charge on any atom is 0.276 e. The highest BCUT2D eigenvalue weighted by Gasteiger charge is 2.34. The molecule has 0 unspecified atom stereocenters. The monoisotopic (exact) mass is 296 g/mol. The summed E-state index contributed by atoms with van der Waals surface area (Å²) in [5.74, 6) is -0.0821. The fourth-order valence-corrected chi connectivity index (χ4v) is 3.45. The minimum atomic E-state index is -3.64. The molecule has 1 aromatic heterocycles. The normalized spacial score (nSPS) is 22.4. The van der Waals surface area contributed by atoms with Crippen LogP contribution in [-0.2, 0) is 10.0 Å². The maximum absolute atomic E-state index is 13.1. The summed E-state index contributed by atoms with van der Waals surface area (Å²) in [4.78, 5) is 3.62. The summed E-state index contributed by atoms with van der Waals surface area (Å²) in [5, 5.41) is 5.65. The molecule has 1 aromatic carbocycles. The summed E-state index contributed by atoms with van der Waals surface area (Å²) >= 11 is 0. The zero-order valence-electron chi connectivity index (χ0n) is 10.5. The van der Waals surface area contributed by atoms with Crippen molar-refractivity contribution in [3.8, 4) is 0 Å². The summed E-state index contributed by atoms with van der Waals surface area (Å²) in [5.41, 5.74) is 0.903. The summed E-state index contributed by atoms with van der Waals surface area (Å²) < 4.78 is 39.4. The van der Waals surface area contributed by atoms with Crippen LogP contribution in [0.1, 0.15) is 24.3 Å². The Morgan fingerprint density at radius 3 is 2.80 bits per heavy atom. The Kier molecular flexibility index (Phi) is 3.27. The molecule has 0 bridgehead atoms. The molecule has 0 saturated heterocycles. The van der Waals surface area contributed by atoms with Gasteiger partial charge in [-0.25, -0.2) is 27.6 Å². The molecule has 106 valence electrons. The molecule has 20 heavy (non-hydrogen) atoms. The largest absolute Gasteiger partial charge is 0.276 e. The highest BCUT2D eigenvalue weighted by atomic mass is 32.2. The second-order valence-electron chi connectivity index (χ2n) is 4.83. The van der Waals surface area contributed by atoms with Gasteiger partial charge < -0.3 is 0 Å². The van der Waals surface area contributed by atoms with Crippen molar-refractivity contribution < 1.29 is 12.8 Å². The van der Waals surface area contributed by atoms with E-state index in [4.69, 9.17) is 0 Å². The van der Waals surface area contributed by atoms with E-state index in [1.165, 1.54) is 12.1 Å². The van der Waals surface area contributed by atoms with Gasteiger partial charge in [-0.15, -0.1) is 0 Å². The van der Waals surface area contributed by atoms with Gasteiger partial charge in [0.25, 0.3) is 15.2 Å². The van der Waals surface area contributed by atoms with Crippen LogP contribution in [-0.4, -0.2) is 29.6 Å². The van der Waals surface area contributed by atoms with Crippen LogP contribution in [0.5, 0.6) is 0 Å². The molecule has 1 aliphatic rings. The highest BCUT2D eigenvalue weighted by Crippen LogP contribution is 2.37. The van der Waals surface area contributed by atoms with Crippen LogP contribution in [0.2, 0.25) is 0 Å². The number of aromatic amines is 1. The second kappa shape index (κ2) is 4.95. The lowest BCUT2D eigenvalue weighted by Gasteiger charge is -2.35. The average molecular weight is 296 g/mol. The van der Waals surface area contributed by atoms with Crippen LogP contribution in [0.3, 0.4) is 0 Å². The predicted octanol–water partition coefficient (Wildman–Crippen LogP) is 1.17. The summed E-state index contributed by atoms with van der Waals surface area (Å²) in [7, 11) is -3.64. The zero-order valence-corrected chi connectivity index (χ0v) is 11.3. The minimum Gasteiger partial charge on any atom is -0.249 e. The molecule has 1 fully saturated rings. The molecule has 0 radical (unpaired) electrons. The Labute approximate surface area is 115 Å². The van der Waals surface area contributed by atoms with Crippen LogP contribution < -0.4 is 4.72 Å². The van der Waals surface area contributed by atoms with Crippen LogP contribution in [0.4, 0.5) is 4.39 Å². The number of nitrogens with one attached hydrogen (secondary N) is 2. The lowest BCUT2D eigenvalue weighted by atomic mass is 9.76. The highest BCUT2D eigenvalue weighted by molar-refractivity contribution is 7.89. The van der Waals surface area contributed by atoms with Crippen molar-refractivity contribution in [3.63, 3.8) is 0 Å². The Morgan fingerprint density at radius 2 is 2.15 bits per heavy atom.